The van der Waals surface area contributed by atoms with Gasteiger partial charge in [-0.2, -0.15) is 0 Å². The number of hydrogen-bond donors (Lipinski definition) is 1. The van der Waals surface area contributed by atoms with Gasteiger partial charge < -0.3 is 5.11 Å². The molecule has 0 fully saturated rings. The summed E-state index contributed by atoms with van der Waals surface area (Å²) in [6, 6.07) is 0. The first kappa shape index (κ1) is 12.5. The van der Waals surface area contributed by atoms with Gasteiger partial charge in [-0.3, -0.25) is 0 Å². The number of rotatable bonds is 6. The molecule has 0 aromatic heterocycles. The molecule has 2 unspecified atom stereocenters. The van der Waals surface area contributed by atoms with Crippen LogP contribution in [0.25, 0.3) is 0 Å². The van der Waals surface area contributed by atoms with Crippen molar-refractivity contribution in [2.24, 2.45) is 11.8 Å². The van der Waals surface area contributed by atoms with Gasteiger partial charge in [-0.05, 0) is 24.7 Å². The Kier molecular flexibility index (Phi) is 7.31. The molecule has 0 rings (SSSR count). The van der Waals surface area contributed by atoms with E-state index in [1.54, 1.807) is 0 Å². The van der Waals surface area contributed by atoms with Gasteiger partial charge in [-0.15, -0.1) is 23.2 Å². The lowest BCUT2D eigenvalue weighted by molar-refractivity contribution is 0.0623. The Morgan fingerprint density at radius 1 is 1.00 bits per heavy atom. The van der Waals surface area contributed by atoms with Crippen molar-refractivity contribution in [3.8, 4) is 0 Å². The van der Waals surface area contributed by atoms with E-state index in [9.17, 15) is 5.11 Å². The Labute approximate surface area is 85.1 Å². The van der Waals surface area contributed by atoms with Crippen molar-refractivity contribution in [2.75, 3.05) is 11.8 Å². The minimum absolute atomic E-state index is 0.262. The number of hydrogen-bond acceptors (Lipinski definition) is 1. The highest BCUT2D eigenvalue weighted by Crippen LogP contribution is 2.19. The van der Waals surface area contributed by atoms with Crippen molar-refractivity contribution in [1.29, 1.82) is 0 Å². The number of alkyl halides is 2. The summed E-state index contributed by atoms with van der Waals surface area (Å²) in [6.07, 6.45) is 1.48. The summed E-state index contributed by atoms with van der Waals surface area (Å²) in [7, 11) is 0. The smallest absolute Gasteiger partial charge is 0.0592 e. The van der Waals surface area contributed by atoms with Crippen LogP contribution in [0.1, 0.15) is 26.7 Å². The van der Waals surface area contributed by atoms with E-state index in [4.69, 9.17) is 23.2 Å². The van der Waals surface area contributed by atoms with E-state index in [0.29, 0.717) is 11.8 Å². The summed E-state index contributed by atoms with van der Waals surface area (Å²) in [5, 5.41) is 9.73. The highest BCUT2D eigenvalue weighted by molar-refractivity contribution is 6.18. The lowest BCUT2D eigenvalue weighted by Crippen LogP contribution is -2.26. The Morgan fingerprint density at radius 2 is 1.33 bits per heavy atom. The maximum atomic E-state index is 9.73. The van der Waals surface area contributed by atoms with E-state index in [1.807, 2.05) is 13.8 Å². The second-order valence-electron chi connectivity index (χ2n) is 3.40. The fraction of sp³-hybridized carbons (Fsp3) is 1.00. The fourth-order valence-corrected chi connectivity index (χ4v) is 1.93. The Hall–Kier alpha value is 0.540. The first-order valence-electron chi connectivity index (χ1n) is 4.43. The van der Waals surface area contributed by atoms with Crippen LogP contribution in [0.5, 0.6) is 0 Å². The topological polar surface area (TPSA) is 20.2 Å². The number of halogens is 2. The van der Waals surface area contributed by atoms with Gasteiger partial charge in [0.1, 0.15) is 0 Å². The molecule has 0 aliphatic carbocycles. The molecule has 0 aliphatic rings. The van der Waals surface area contributed by atoms with Gasteiger partial charge in [-0.1, -0.05) is 13.8 Å². The van der Waals surface area contributed by atoms with Crippen molar-refractivity contribution in [3.05, 3.63) is 0 Å². The summed E-state index contributed by atoms with van der Waals surface area (Å²) >= 11 is 11.2. The van der Waals surface area contributed by atoms with E-state index in [2.05, 4.69) is 0 Å². The Morgan fingerprint density at radius 3 is 1.58 bits per heavy atom. The number of aliphatic hydroxyl groups is 1. The summed E-state index contributed by atoms with van der Waals surface area (Å²) in [6.45, 7) is 4.05. The van der Waals surface area contributed by atoms with Crippen LogP contribution in [0.15, 0.2) is 0 Å². The largest absolute Gasteiger partial charge is 0.393 e. The second kappa shape index (κ2) is 6.99. The van der Waals surface area contributed by atoms with Crippen LogP contribution in [0.4, 0.5) is 0 Å². The molecule has 0 aromatic rings. The van der Waals surface area contributed by atoms with Crippen molar-refractivity contribution < 1.29 is 5.11 Å². The SMILES string of the molecule is CC(CCCl)C(O)C(C)CCCl. The van der Waals surface area contributed by atoms with Crippen molar-refractivity contribution in [3.63, 3.8) is 0 Å². The summed E-state index contributed by atoms with van der Waals surface area (Å²) in [5.74, 6) is 1.79. The van der Waals surface area contributed by atoms with Crippen molar-refractivity contribution in [1.82, 2.24) is 0 Å². The molecule has 0 aliphatic heterocycles. The molecule has 1 nitrogen and oxygen atoms in total. The van der Waals surface area contributed by atoms with Gasteiger partial charge in [0.05, 0.1) is 6.10 Å². The van der Waals surface area contributed by atoms with E-state index >= 15 is 0 Å². The molecule has 3 heteroatoms. The maximum Gasteiger partial charge on any atom is 0.0592 e. The standard InChI is InChI=1S/C9H18Cl2O/c1-7(3-5-10)9(12)8(2)4-6-11/h7-9,12H,3-6H2,1-2H3. The van der Waals surface area contributed by atoms with Crippen molar-refractivity contribution >= 4 is 23.2 Å². The van der Waals surface area contributed by atoms with E-state index in [1.165, 1.54) is 0 Å². The minimum atomic E-state index is -0.262. The van der Waals surface area contributed by atoms with E-state index in [0.717, 1.165) is 12.8 Å². The van der Waals surface area contributed by atoms with E-state index in [-0.39, 0.29) is 17.9 Å². The third-order valence-corrected chi connectivity index (χ3v) is 2.73. The van der Waals surface area contributed by atoms with Crippen LogP contribution in [0.2, 0.25) is 0 Å². The molecule has 0 spiro atoms. The minimum Gasteiger partial charge on any atom is -0.393 e. The van der Waals surface area contributed by atoms with Gasteiger partial charge in [0, 0.05) is 11.8 Å². The molecule has 0 aromatic carbocycles. The molecular formula is C9H18Cl2O. The zero-order chi connectivity index (χ0) is 9.56. The van der Waals surface area contributed by atoms with Gasteiger partial charge in [-0.25, -0.2) is 0 Å². The quantitative estimate of drug-likeness (QED) is 0.672. The third-order valence-electron chi connectivity index (χ3n) is 2.29. The van der Waals surface area contributed by atoms with Gasteiger partial charge >= 0.3 is 0 Å². The van der Waals surface area contributed by atoms with Crippen LogP contribution < -0.4 is 0 Å². The molecule has 0 radical (unpaired) electrons. The average Bonchev–Trinajstić information content (AvgIpc) is 2.04. The zero-order valence-corrected chi connectivity index (χ0v) is 9.28. The highest BCUT2D eigenvalue weighted by atomic mass is 35.5. The Bertz CT molecular complexity index is 96.7. The first-order valence-corrected chi connectivity index (χ1v) is 5.50. The van der Waals surface area contributed by atoms with Crippen LogP contribution in [-0.4, -0.2) is 23.0 Å². The lowest BCUT2D eigenvalue weighted by Gasteiger charge is -2.23. The zero-order valence-electron chi connectivity index (χ0n) is 7.76. The normalized spacial score (nSPS) is 18.8. The maximum absolute atomic E-state index is 9.73. The number of aliphatic hydroxyl groups excluding tert-OH is 1. The lowest BCUT2D eigenvalue weighted by atomic mass is 9.90. The molecule has 0 amide bonds. The Balaban J connectivity index is 3.73. The fourth-order valence-electron chi connectivity index (χ4n) is 1.25. The van der Waals surface area contributed by atoms with Gasteiger partial charge in [0.15, 0.2) is 0 Å². The predicted octanol–water partition coefficient (Wildman–Crippen LogP) is 2.88. The van der Waals surface area contributed by atoms with Gasteiger partial charge in [0.25, 0.3) is 0 Å². The second-order valence-corrected chi connectivity index (χ2v) is 4.16. The van der Waals surface area contributed by atoms with Crippen molar-refractivity contribution in [2.45, 2.75) is 32.8 Å². The predicted molar refractivity (Wildman–Crippen MR) is 55.0 cm³/mol. The average molecular weight is 213 g/mol. The molecular weight excluding hydrogens is 195 g/mol. The van der Waals surface area contributed by atoms with Crippen LogP contribution >= 0.6 is 23.2 Å². The monoisotopic (exact) mass is 212 g/mol. The summed E-state index contributed by atoms with van der Waals surface area (Å²) in [4.78, 5) is 0. The molecule has 0 heterocycles. The van der Waals surface area contributed by atoms with Crippen LogP contribution in [-0.2, 0) is 0 Å². The molecule has 0 saturated heterocycles. The van der Waals surface area contributed by atoms with E-state index < -0.39 is 0 Å². The van der Waals surface area contributed by atoms with Crippen LogP contribution in [0, 0.1) is 11.8 Å². The molecule has 12 heavy (non-hydrogen) atoms. The molecule has 74 valence electrons. The highest BCUT2D eigenvalue weighted by Gasteiger charge is 2.19. The summed E-state index contributed by atoms with van der Waals surface area (Å²) in [5.41, 5.74) is 0. The molecule has 2 atom stereocenters. The summed E-state index contributed by atoms with van der Waals surface area (Å²) < 4.78 is 0. The van der Waals surface area contributed by atoms with Crippen LogP contribution in [0.3, 0.4) is 0 Å². The third kappa shape index (κ3) is 4.54. The molecule has 0 bridgehead atoms. The molecule has 1 N–H and O–H groups in total. The molecule has 0 saturated carbocycles. The van der Waals surface area contributed by atoms with Gasteiger partial charge in [0.2, 0.25) is 0 Å². The first-order chi connectivity index (χ1) is 5.63.